The molecule has 25 heavy (non-hydrogen) atoms. The largest absolute Gasteiger partial charge is 0.496 e. The summed E-state index contributed by atoms with van der Waals surface area (Å²) in [5, 5.41) is 9.06. The van der Waals surface area contributed by atoms with Gasteiger partial charge in [0.1, 0.15) is 18.1 Å². The molecule has 0 amide bonds. The lowest BCUT2D eigenvalue weighted by Gasteiger charge is -2.14. The zero-order valence-corrected chi connectivity index (χ0v) is 14.7. The van der Waals surface area contributed by atoms with E-state index in [1.54, 1.807) is 25.1 Å². The monoisotopic (exact) mass is 342 g/mol. The molecule has 0 aromatic heterocycles. The standard InChI is InChI=1S/C20H22O5/c1-4-5-15-10-14(13(2)21)8-9-18(15)25-12-17-7-6-16(20(22)23)11-19(17)24-3/h6-11H,4-5,12H2,1-3H3,(H,22,23). The van der Waals surface area contributed by atoms with Crippen LogP contribution < -0.4 is 9.47 Å². The number of ether oxygens (including phenoxy) is 2. The molecule has 1 N–H and O–H groups in total. The molecule has 0 heterocycles. The van der Waals surface area contributed by atoms with E-state index >= 15 is 0 Å². The van der Waals surface area contributed by atoms with Gasteiger partial charge < -0.3 is 14.6 Å². The molecule has 0 aliphatic carbocycles. The van der Waals surface area contributed by atoms with Crippen molar-refractivity contribution < 1.29 is 24.2 Å². The predicted molar refractivity (Wildman–Crippen MR) is 94.7 cm³/mol. The van der Waals surface area contributed by atoms with Crippen molar-refractivity contribution in [1.82, 2.24) is 0 Å². The summed E-state index contributed by atoms with van der Waals surface area (Å²) in [5.74, 6) is 0.208. The minimum Gasteiger partial charge on any atom is -0.496 e. The number of carboxylic acids is 1. The summed E-state index contributed by atoms with van der Waals surface area (Å²) < 4.78 is 11.2. The molecule has 2 aromatic carbocycles. The molecule has 5 heteroatoms. The highest BCUT2D eigenvalue weighted by Crippen LogP contribution is 2.26. The zero-order chi connectivity index (χ0) is 18.4. The van der Waals surface area contributed by atoms with Crippen molar-refractivity contribution in [3.05, 3.63) is 58.7 Å². The molecule has 2 rings (SSSR count). The number of carbonyl (C=O) groups is 2. The third-order valence-corrected chi connectivity index (χ3v) is 3.90. The number of Topliss-reactive ketones (excluding diaryl/α,β-unsaturated/α-hetero) is 1. The Morgan fingerprint density at radius 1 is 1.00 bits per heavy atom. The molecule has 2 aromatic rings. The van der Waals surface area contributed by atoms with Gasteiger partial charge in [0.05, 0.1) is 12.7 Å². The van der Waals surface area contributed by atoms with Crippen LogP contribution in [0.3, 0.4) is 0 Å². The summed E-state index contributed by atoms with van der Waals surface area (Å²) in [6.45, 7) is 3.86. The van der Waals surface area contributed by atoms with Crippen molar-refractivity contribution >= 4 is 11.8 Å². The van der Waals surface area contributed by atoms with E-state index in [9.17, 15) is 9.59 Å². The van der Waals surface area contributed by atoms with Crippen LogP contribution in [-0.2, 0) is 13.0 Å². The number of rotatable bonds is 8. The highest BCUT2D eigenvalue weighted by molar-refractivity contribution is 5.94. The summed E-state index contributed by atoms with van der Waals surface area (Å²) in [4.78, 5) is 22.6. The van der Waals surface area contributed by atoms with Crippen molar-refractivity contribution in [1.29, 1.82) is 0 Å². The van der Waals surface area contributed by atoms with Gasteiger partial charge in [-0.2, -0.15) is 0 Å². The van der Waals surface area contributed by atoms with Gasteiger partial charge in [-0.25, -0.2) is 4.79 Å². The number of carboxylic acid groups (broad SMARTS) is 1. The lowest BCUT2D eigenvalue weighted by molar-refractivity contribution is 0.0696. The van der Waals surface area contributed by atoms with Crippen molar-refractivity contribution in [3.63, 3.8) is 0 Å². The number of ketones is 1. The van der Waals surface area contributed by atoms with E-state index in [2.05, 4.69) is 6.92 Å². The smallest absolute Gasteiger partial charge is 0.335 e. The van der Waals surface area contributed by atoms with Crippen molar-refractivity contribution in [2.75, 3.05) is 7.11 Å². The van der Waals surface area contributed by atoms with E-state index in [1.807, 2.05) is 6.07 Å². The van der Waals surface area contributed by atoms with Crippen LogP contribution in [0, 0.1) is 0 Å². The van der Waals surface area contributed by atoms with Gasteiger partial charge in [-0.05, 0) is 49.2 Å². The molecule has 0 aliphatic rings. The first-order chi connectivity index (χ1) is 12.0. The first-order valence-corrected chi connectivity index (χ1v) is 8.13. The van der Waals surface area contributed by atoms with Gasteiger partial charge in [0, 0.05) is 11.1 Å². The Bertz CT molecular complexity index is 780. The maximum atomic E-state index is 11.6. The number of benzene rings is 2. The Morgan fingerprint density at radius 2 is 1.72 bits per heavy atom. The number of carbonyl (C=O) groups excluding carboxylic acids is 1. The van der Waals surface area contributed by atoms with Crippen LogP contribution in [0.15, 0.2) is 36.4 Å². The molecule has 0 spiro atoms. The van der Waals surface area contributed by atoms with E-state index in [0.717, 1.165) is 29.7 Å². The zero-order valence-electron chi connectivity index (χ0n) is 14.7. The van der Waals surface area contributed by atoms with E-state index in [1.165, 1.54) is 19.2 Å². The number of hydrogen-bond acceptors (Lipinski definition) is 4. The minimum atomic E-state index is -1.00. The normalized spacial score (nSPS) is 10.4. The molecule has 132 valence electrons. The van der Waals surface area contributed by atoms with Crippen LogP contribution >= 0.6 is 0 Å². The fourth-order valence-corrected chi connectivity index (χ4v) is 2.56. The molecular formula is C20H22O5. The van der Waals surface area contributed by atoms with Crippen LogP contribution in [-0.4, -0.2) is 24.0 Å². The fraction of sp³-hybridized carbons (Fsp3) is 0.300. The average molecular weight is 342 g/mol. The van der Waals surface area contributed by atoms with Gasteiger partial charge in [0.2, 0.25) is 0 Å². The lowest BCUT2D eigenvalue weighted by Crippen LogP contribution is -2.04. The maximum Gasteiger partial charge on any atom is 0.335 e. The Hall–Kier alpha value is -2.82. The second-order valence-corrected chi connectivity index (χ2v) is 5.75. The summed E-state index contributed by atoms with van der Waals surface area (Å²) in [5.41, 5.74) is 2.57. The molecule has 0 saturated carbocycles. The van der Waals surface area contributed by atoms with Gasteiger partial charge in [-0.15, -0.1) is 0 Å². The molecule has 5 nitrogen and oxygen atoms in total. The molecule has 0 unspecified atom stereocenters. The van der Waals surface area contributed by atoms with E-state index < -0.39 is 5.97 Å². The summed E-state index contributed by atoms with van der Waals surface area (Å²) in [6, 6.07) is 10.1. The van der Waals surface area contributed by atoms with E-state index in [0.29, 0.717) is 11.3 Å². The molecule has 0 saturated heterocycles. The highest BCUT2D eigenvalue weighted by Gasteiger charge is 2.12. The van der Waals surface area contributed by atoms with Crippen molar-refractivity contribution in [2.24, 2.45) is 0 Å². The third-order valence-electron chi connectivity index (χ3n) is 3.90. The first kappa shape index (κ1) is 18.5. The first-order valence-electron chi connectivity index (χ1n) is 8.13. The van der Waals surface area contributed by atoms with Gasteiger partial charge >= 0.3 is 5.97 Å². The van der Waals surface area contributed by atoms with Crippen LogP contribution in [0.5, 0.6) is 11.5 Å². The molecular weight excluding hydrogens is 320 g/mol. The number of aryl methyl sites for hydroxylation is 1. The number of hydrogen-bond donors (Lipinski definition) is 1. The fourth-order valence-electron chi connectivity index (χ4n) is 2.56. The quantitative estimate of drug-likeness (QED) is 0.730. The van der Waals surface area contributed by atoms with Gasteiger partial charge in [-0.1, -0.05) is 19.4 Å². The lowest BCUT2D eigenvalue weighted by atomic mass is 10.0. The van der Waals surface area contributed by atoms with Gasteiger partial charge in [-0.3, -0.25) is 4.79 Å². The number of methoxy groups -OCH3 is 1. The molecule has 0 aliphatic heterocycles. The summed E-state index contributed by atoms with van der Waals surface area (Å²) >= 11 is 0. The minimum absolute atomic E-state index is 0.0230. The topological polar surface area (TPSA) is 72.8 Å². The van der Waals surface area contributed by atoms with E-state index in [4.69, 9.17) is 14.6 Å². The van der Waals surface area contributed by atoms with Crippen LogP contribution in [0.4, 0.5) is 0 Å². The van der Waals surface area contributed by atoms with Gasteiger partial charge in [0.15, 0.2) is 5.78 Å². The second-order valence-electron chi connectivity index (χ2n) is 5.75. The Kier molecular flexibility index (Phi) is 6.17. The summed E-state index contributed by atoms with van der Waals surface area (Å²) in [6.07, 6.45) is 1.75. The third kappa shape index (κ3) is 4.59. The highest BCUT2D eigenvalue weighted by atomic mass is 16.5. The van der Waals surface area contributed by atoms with E-state index in [-0.39, 0.29) is 18.0 Å². The predicted octanol–water partition coefficient (Wildman–Crippen LogP) is 4.13. The Labute approximate surface area is 147 Å². The second kappa shape index (κ2) is 8.33. The Morgan fingerprint density at radius 3 is 2.32 bits per heavy atom. The molecule has 0 fully saturated rings. The average Bonchev–Trinajstić information content (AvgIpc) is 2.60. The molecule has 0 bridgehead atoms. The molecule has 0 radical (unpaired) electrons. The number of aromatic carboxylic acids is 1. The summed E-state index contributed by atoms with van der Waals surface area (Å²) in [7, 11) is 1.49. The van der Waals surface area contributed by atoms with Gasteiger partial charge in [0.25, 0.3) is 0 Å². The van der Waals surface area contributed by atoms with Crippen LogP contribution in [0.1, 0.15) is 52.1 Å². The SMILES string of the molecule is CCCc1cc(C(C)=O)ccc1OCc1ccc(C(=O)O)cc1OC. The van der Waals surface area contributed by atoms with Crippen molar-refractivity contribution in [3.8, 4) is 11.5 Å². The molecule has 0 atom stereocenters. The van der Waals surface area contributed by atoms with Crippen LogP contribution in [0.2, 0.25) is 0 Å². The van der Waals surface area contributed by atoms with Crippen LogP contribution in [0.25, 0.3) is 0 Å². The maximum absolute atomic E-state index is 11.6. The Balaban J connectivity index is 2.23. The van der Waals surface area contributed by atoms with Crippen molar-refractivity contribution in [2.45, 2.75) is 33.3 Å².